The molecule has 28 heavy (non-hydrogen) atoms. The van der Waals surface area contributed by atoms with Gasteiger partial charge in [-0.05, 0) is 42.7 Å². The molecule has 2 aromatic rings. The summed E-state index contributed by atoms with van der Waals surface area (Å²) < 4.78 is 0. The lowest BCUT2D eigenvalue weighted by molar-refractivity contribution is 0.0966. The number of hydrogen-bond donors (Lipinski definition) is 6. The van der Waals surface area contributed by atoms with Gasteiger partial charge >= 0.3 is 0 Å². The van der Waals surface area contributed by atoms with Crippen LogP contribution < -0.4 is 27.4 Å². The van der Waals surface area contributed by atoms with E-state index >= 15 is 0 Å². The Kier molecular flexibility index (Phi) is 4.87. The van der Waals surface area contributed by atoms with Crippen LogP contribution in [0.5, 0.6) is 0 Å². The van der Waals surface area contributed by atoms with Gasteiger partial charge < -0.3 is 32.8 Å². The molecule has 1 aliphatic carbocycles. The molecule has 1 aromatic heterocycles. The number of anilines is 4. The largest absolute Gasteiger partial charge is 0.398 e. The third-order valence-corrected chi connectivity index (χ3v) is 5.43. The first-order valence-electron chi connectivity index (χ1n) is 9.56. The van der Waals surface area contributed by atoms with Gasteiger partial charge in [0, 0.05) is 41.8 Å². The van der Waals surface area contributed by atoms with Gasteiger partial charge in [-0.25, -0.2) is 4.98 Å². The van der Waals surface area contributed by atoms with Crippen LogP contribution in [0.3, 0.4) is 0 Å². The molecule has 4 rings (SSSR count). The van der Waals surface area contributed by atoms with Crippen LogP contribution in [0.4, 0.5) is 23.0 Å². The Morgan fingerprint density at radius 2 is 2.07 bits per heavy atom. The Morgan fingerprint density at radius 3 is 2.82 bits per heavy atom. The maximum absolute atomic E-state index is 12.3. The van der Waals surface area contributed by atoms with E-state index in [0.717, 1.165) is 31.2 Å². The molecule has 1 aliphatic heterocycles. The van der Waals surface area contributed by atoms with E-state index in [4.69, 9.17) is 16.9 Å². The second-order valence-corrected chi connectivity index (χ2v) is 7.39. The van der Waals surface area contributed by atoms with Crippen molar-refractivity contribution in [2.45, 2.75) is 44.3 Å². The highest BCUT2D eigenvalue weighted by atomic mass is 16.1. The summed E-state index contributed by atoms with van der Waals surface area (Å²) in [4.78, 5) is 17.0. The van der Waals surface area contributed by atoms with Gasteiger partial charge in [0.05, 0.1) is 5.56 Å². The number of pyridine rings is 1. The Balaban J connectivity index is 1.65. The number of nitrogens with zero attached hydrogens (tertiary/aromatic N) is 1. The predicted molar refractivity (Wildman–Crippen MR) is 111 cm³/mol. The van der Waals surface area contributed by atoms with Crippen molar-refractivity contribution in [2.24, 2.45) is 5.73 Å². The number of carbonyl (C=O) groups is 1. The van der Waals surface area contributed by atoms with Crippen molar-refractivity contribution in [3.63, 3.8) is 0 Å². The van der Waals surface area contributed by atoms with Crippen LogP contribution in [0.15, 0.2) is 24.3 Å². The lowest BCUT2D eigenvalue weighted by atomic mass is 9.91. The summed E-state index contributed by atoms with van der Waals surface area (Å²) in [5.41, 5.74) is 15.5. The first-order chi connectivity index (χ1) is 13.5. The van der Waals surface area contributed by atoms with Crippen LogP contribution in [0.1, 0.15) is 47.2 Å². The Morgan fingerprint density at radius 1 is 1.25 bits per heavy atom. The van der Waals surface area contributed by atoms with Crippen LogP contribution in [0.25, 0.3) is 0 Å². The van der Waals surface area contributed by atoms with Gasteiger partial charge in [0.2, 0.25) is 0 Å². The van der Waals surface area contributed by atoms with Gasteiger partial charge in [0.1, 0.15) is 11.6 Å². The summed E-state index contributed by atoms with van der Waals surface area (Å²) in [5.74, 6) is 1.06. The number of benzene rings is 1. The van der Waals surface area contributed by atoms with Gasteiger partial charge in [-0.3, -0.25) is 4.79 Å². The maximum atomic E-state index is 12.3. The van der Waals surface area contributed by atoms with Crippen molar-refractivity contribution in [1.82, 2.24) is 10.3 Å². The molecule has 2 heterocycles. The summed E-state index contributed by atoms with van der Waals surface area (Å²) in [6, 6.07) is 7.52. The molecule has 1 aromatic carbocycles. The smallest absolute Gasteiger partial charge is 0.255 e. The number of nitrogens with one attached hydrogen (secondary N) is 4. The number of rotatable bonds is 5. The van der Waals surface area contributed by atoms with E-state index in [2.05, 4.69) is 20.9 Å². The SMILES string of the molecule is N=Cc1ccc(Nc2nc(N[C@@H]3CCCC[C@@H]3N)cc3c2C(=O)NC3)cc1N. The van der Waals surface area contributed by atoms with Crippen LogP contribution in [0, 0.1) is 5.41 Å². The van der Waals surface area contributed by atoms with E-state index < -0.39 is 0 Å². The van der Waals surface area contributed by atoms with Crippen molar-refractivity contribution < 1.29 is 4.79 Å². The molecule has 0 bridgehead atoms. The molecule has 1 fully saturated rings. The lowest BCUT2D eigenvalue weighted by Crippen LogP contribution is -2.42. The van der Waals surface area contributed by atoms with Crippen LogP contribution in [-0.4, -0.2) is 29.2 Å². The normalized spacial score (nSPS) is 21.0. The van der Waals surface area contributed by atoms with Crippen molar-refractivity contribution >= 4 is 35.1 Å². The number of amides is 1. The predicted octanol–water partition coefficient (Wildman–Crippen LogP) is 2.33. The van der Waals surface area contributed by atoms with Crippen molar-refractivity contribution in [3.8, 4) is 0 Å². The highest BCUT2D eigenvalue weighted by molar-refractivity contribution is 6.03. The molecule has 2 atom stereocenters. The number of fused-ring (bicyclic) bond motifs is 1. The first kappa shape index (κ1) is 18.2. The number of hydrogen-bond acceptors (Lipinski definition) is 7. The van der Waals surface area contributed by atoms with Gasteiger partial charge in [0.25, 0.3) is 5.91 Å². The summed E-state index contributed by atoms with van der Waals surface area (Å²) in [5, 5.41) is 16.9. The fourth-order valence-corrected chi connectivity index (χ4v) is 3.87. The Labute approximate surface area is 163 Å². The van der Waals surface area contributed by atoms with Crippen molar-refractivity contribution in [1.29, 1.82) is 5.41 Å². The standard InChI is InChI=1S/C20H25N7O/c21-9-11-5-6-13(8-15(11)23)25-19-18-12(10-24-20(18)28)7-17(27-19)26-16-4-2-1-3-14(16)22/h5-9,14,16,21H,1-4,10,22-23H2,(H,24,28)(H2,25,26,27)/t14-,16+/m0/s1. The zero-order valence-corrected chi connectivity index (χ0v) is 15.6. The zero-order chi connectivity index (χ0) is 19.7. The molecular formula is C20H25N7O. The molecule has 0 saturated heterocycles. The van der Waals surface area contributed by atoms with Crippen LogP contribution in [-0.2, 0) is 6.54 Å². The second-order valence-electron chi connectivity index (χ2n) is 7.39. The topological polar surface area (TPSA) is 142 Å². The van der Waals surface area contributed by atoms with Gasteiger partial charge in [0.15, 0.2) is 0 Å². The first-order valence-corrected chi connectivity index (χ1v) is 9.56. The third-order valence-electron chi connectivity index (χ3n) is 5.43. The average molecular weight is 379 g/mol. The molecule has 0 spiro atoms. The van der Waals surface area contributed by atoms with Gasteiger partial charge in [-0.15, -0.1) is 0 Å². The fraction of sp³-hybridized carbons (Fsp3) is 0.350. The molecule has 0 radical (unpaired) electrons. The summed E-state index contributed by atoms with van der Waals surface area (Å²) >= 11 is 0. The maximum Gasteiger partial charge on any atom is 0.255 e. The summed E-state index contributed by atoms with van der Waals surface area (Å²) in [7, 11) is 0. The number of nitrogen functional groups attached to an aromatic ring is 1. The molecule has 2 aliphatic rings. The molecule has 1 saturated carbocycles. The van der Waals surface area contributed by atoms with E-state index in [0.29, 0.717) is 40.7 Å². The second kappa shape index (κ2) is 7.47. The minimum Gasteiger partial charge on any atom is -0.398 e. The van der Waals surface area contributed by atoms with Crippen LogP contribution in [0.2, 0.25) is 0 Å². The molecular weight excluding hydrogens is 354 g/mol. The molecule has 8 heteroatoms. The zero-order valence-electron chi connectivity index (χ0n) is 15.6. The third kappa shape index (κ3) is 3.50. The minimum absolute atomic E-state index is 0.105. The molecule has 146 valence electrons. The molecule has 1 amide bonds. The Hall–Kier alpha value is -3.13. The number of carbonyl (C=O) groups excluding carboxylic acids is 1. The number of nitrogens with two attached hydrogens (primary N) is 2. The van der Waals surface area contributed by atoms with Crippen molar-refractivity contribution in [3.05, 3.63) is 41.0 Å². The summed E-state index contributed by atoms with van der Waals surface area (Å²) in [6.07, 6.45) is 5.55. The van der Waals surface area contributed by atoms with E-state index in [9.17, 15) is 4.79 Å². The molecule has 8 N–H and O–H groups in total. The van der Waals surface area contributed by atoms with E-state index in [-0.39, 0.29) is 18.0 Å². The van der Waals surface area contributed by atoms with E-state index in [1.165, 1.54) is 6.21 Å². The Bertz CT molecular complexity index is 927. The summed E-state index contributed by atoms with van der Waals surface area (Å²) in [6.45, 7) is 0.478. The monoisotopic (exact) mass is 379 g/mol. The van der Waals surface area contributed by atoms with Crippen molar-refractivity contribution in [2.75, 3.05) is 16.4 Å². The highest BCUT2D eigenvalue weighted by Gasteiger charge is 2.27. The van der Waals surface area contributed by atoms with E-state index in [1.54, 1.807) is 12.1 Å². The van der Waals surface area contributed by atoms with E-state index in [1.807, 2.05) is 12.1 Å². The fourth-order valence-electron chi connectivity index (χ4n) is 3.87. The average Bonchev–Trinajstić information content (AvgIpc) is 3.05. The highest BCUT2D eigenvalue weighted by Crippen LogP contribution is 2.30. The number of aromatic nitrogens is 1. The van der Waals surface area contributed by atoms with Gasteiger partial charge in [-0.1, -0.05) is 12.8 Å². The molecule has 8 nitrogen and oxygen atoms in total. The quantitative estimate of drug-likeness (QED) is 0.348. The van der Waals surface area contributed by atoms with Gasteiger partial charge in [-0.2, -0.15) is 0 Å². The minimum atomic E-state index is -0.144. The van der Waals surface area contributed by atoms with Crippen LogP contribution >= 0.6 is 0 Å². The molecule has 0 unspecified atom stereocenters. The lowest BCUT2D eigenvalue weighted by Gasteiger charge is -2.30.